The molecule has 1 N–H and O–H groups in total. The molecular weight excluding hydrogens is 370 g/mol. The number of carbonyl (C=O) groups is 1. The fourth-order valence-electron chi connectivity index (χ4n) is 1.82. The Morgan fingerprint density at radius 2 is 2.05 bits per heavy atom. The molecule has 0 aromatic heterocycles. The van der Waals surface area contributed by atoms with Crippen LogP contribution in [-0.2, 0) is 4.79 Å². The van der Waals surface area contributed by atoms with Crippen LogP contribution in [0, 0.1) is 6.92 Å². The zero-order chi connectivity index (χ0) is 16.1. The lowest BCUT2D eigenvalue weighted by atomic mass is 10.2. The molecule has 2 rings (SSSR count). The van der Waals surface area contributed by atoms with Crippen molar-refractivity contribution in [3.8, 4) is 11.5 Å². The Morgan fingerprint density at radius 3 is 2.73 bits per heavy atom. The summed E-state index contributed by atoms with van der Waals surface area (Å²) < 4.78 is 11.5. The number of hydrogen-bond donors (Lipinski definition) is 1. The summed E-state index contributed by atoms with van der Waals surface area (Å²) in [6.07, 6.45) is 0. The van der Waals surface area contributed by atoms with Crippen molar-refractivity contribution in [2.45, 2.75) is 6.92 Å². The number of benzene rings is 2. The van der Waals surface area contributed by atoms with E-state index >= 15 is 0 Å². The van der Waals surface area contributed by atoms with Gasteiger partial charge in [-0.3, -0.25) is 4.79 Å². The van der Waals surface area contributed by atoms with Crippen molar-refractivity contribution in [1.82, 2.24) is 0 Å². The van der Waals surface area contributed by atoms with E-state index in [2.05, 4.69) is 21.2 Å². The quantitative estimate of drug-likeness (QED) is 0.829. The van der Waals surface area contributed by atoms with Crippen LogP contribution in [0.25, 0.3) is 0 Å². The molecule has 6 heteroatoms. The summed E-state index contributed by atoms with van der Waals surface area (Å²) in [6, 6.07) is 10.6. The summed E-state index contributed by atoms with van der Waals surface area (Å²) in [5.41, 5.74) is 1.48. The number of nitrogens with one attached hydrogen (secondary N) is 1. The van der Waals surface area contributed by atoms with Gasteiger partial charge < -0.3 is 14.8 Å². The van der Waals surface area contributed by atoms with Crippen molar-refractivity contribution in [2.75, 3.05) is 19.0 Å². The number of aryl methyl sites for hydroxylation is 1. The Morgan fingerprint density at radius 1 is 1.27 bits per heavy atom. The van der Waals surface area contributed by atoms with E-state index in [0.29, 0.717) is 22.2 Å². The molecular formula is C16H15BrClNO3. The second-order valence-corrected chi connectivity index (χ2v) is 5.92. The number of hydrogen-bond acceptors (Lipinski definition) is 3. The Hall–Kier alpha value is -1.72. The van der Waals surface area contributed by atoms with Crippen LogP contribution in [-0.4, -0.2) is 19.6 Å². The summed E-state index contributed by atoms with van der Waals surface area (Å²) >= 11 is 9.30. The Balaban J connectivity index is 1.98. The van der Waals surface area contributed by atoms with Gasteiger partial charge in [0.25, 0.3) is 5.91 Å². The molecule has 0 bridgehead atoms. The highest BCUT2D eigenvalue weighted by Gasteiger charge is 2.09. The van der Waals surface area contributed by atoms with Crippen LogP contribution in [0.4, 0.5) is 5.69 Å². The summed E-state index contributed by atoms with van der Waals surface area (Å²) in [4.78, 5) is 12.0. The lowest BCUT2D eigenvalue weighted by molar-refractivity contribution is -0.118. The molecule has 0 fully saturated rings. The van der Waals surface area contributed by atoms with Gasteiger partial charge in [0.05, 0.1) is 12.8 Å². The standard InChI is InChI=1S/C16H15BrClNO3/c1-10-7-12(4-5-13(10)18)22-9-16(20)19-14-8-11(17)3-6-15(14)21-2/h3-8H,9H2,1-2H3,(H,19,20). The highest BCUT2D eigenvalue weighted by molar-refractivity contribution is 9.10. The topological polar surface area (TPSA) is 47.6 Å². The molecule has 0 atom stereocenters. The highest BCUT2D eigenvalue weighted by atomic mass is 79.9. The van der Waals surface area contributed by atoms with Gasteiger partial charge in [0.15, 0.2) is 6.61 Å². The Bertz CT molecular complexity index is 691. The van der Waals surface area contributed by atoms with Gasteiger partial charge in [-0.15, -0.1) is 0 Å². The van der Waals surface area contributed by atoms with E-state index in [4.69, 9.17) is 21.1 Å². The summed E-state index contributed by atoms with van der Waals surface area (Å²) in [6.45, 7) is 1.78. The van der Waals surface area contributed by atoms with E-state index in [9.17, 15) is 4.79 Å². The van der Waals surface area contributed by atoms with Crippen LogP contribution in [0.3, 0.4) is 0 Å². The maximum atomic E-state index is 12.0. The molecule has 22 heavy (non-hydrogen) atoms. The van der Waals surface area contributed by atoms with Crippen LogP contribution in [0.15, 0.2) is 40.9 Å². The third kappa shape index (κ3) is 4.39. The summed E-state index contributed by atoms with van der Waals surface area (Å²) in [5, 5.41) is 3.42. The second-order valence-electron chi connectivity index (χ2n) is 4.59. The highest BCUT2D eigenvalue weighted by Crippen LogP contribution is 2.28. The van der Waals surface area contributed by atoms with Crippen LogP contribution in [0.5, 0.6) is 11.5 Å². The fraction of sp³-hybridized carbons (Fsp3) is 0.188. The van der Waals surface area contributed by atoms with Gasteiger partial charge in [-0.25, -0.2) is 0 Å². The maximum absolute atomic E-state index is 12.0. The zero-order valence-electron chi connectivity index (χ0n) is 12.2. The SMILES string of the molecule is COc1ccc(Br)cc1NC(=O)COc1ccc(Cl)c(C)c1. The van der Waals surface area contributed by atoms with E-state index in [-0.39, 0.29) is 12.5 Å². The molecule has 2 aromatic rings. The van der Waals surface area contributed by atoms with Gasteiger partial charge >= 0.3 is 0 Å². The average molecular weight is 385 g/mol. The van der Waals surface area contributed by atoms with Gasteiger partial charge in [-0.2, -0.15) is 0 Å². The molecule has 0 heterocycles. The number of rotatable bonds is 5. The number of ether oxygens (including phenoxy) is 2. The number of carbonyl (C=O) groups excluding carboxylic acids is 1. The molecule has 0 radical (unpaired) electrons. The largest absolute Gasteiger partial charge is 0.495 e. The molecule has 0 unspecified atom stereocenters. The Labute approximate surface area is 142 Å². The molecule has 4 nitrogen and oxygen atoms in total. The van der Waals surface area contributed by atoms with Gasteiger partial charge in [0.1, 0.15) is 11.5 Å². The first kappa shape index (κ1) is 16.6. The lowest BCUT2D eigenvalue weighted by Crippen LogP contribution is -2.20. The first-order valence-electron chi connectivity index (χ1n) is 6.52. The van der Waals surface area contributed by atoms with Crippen LogP contribution in [0.1, 0.15) is 5.56 Å². The number of methoxy groups -OCH3 is 1. The molecule has 0 spiro atoms. The van der Waals surface area contributed by atoms with Crippen molar-refractivity contribution in [2.24, 2.45) is 0 Å². The normalized spacial score (nSPS) is 10.2. The number of anilines is 1. The van der Waals surface area contributed by atoms with Crippen molar-refractivity contribution in [3.05, 3.63) is 51.5 Å². The smallest absolute Gasteiger partial charge is 0.262 e. The molecule has 1 amide bonds. The molecule has 0 saturated heterocycles. The van der Waals surface area contributed by atoms with Crippen LogP contribution in [0.2, 0.25) is 5.02 Å². The van der Waals surface area contributed by atoms with Crippen molar-refractivity contribution in [3.63, 3.8) is 0 Å². The third-order valence-electron chi connectivity index (χ3n) is 2.93. The van der Waals surface area contributed by atoms with E-state index in [1.54, 1.807) is 37.4 Å². The van der Waals surface area contributed by atoms with Gasteiger partial charge in [0.2, 0.25) is 0 Å². The minimum absolute atomic E-state index is 0.100. The van der Waals surface area contributed by atoms with E-state index in [1.807, 2.05) is 13.0 Å². The fourth-order valence-corrected chi connectivity index (χ4v) is 2.30. The first-order valence-corrected chi connectivity index (χ1v) is 7.69. The molecule has 0 saturated carbocycles. The van der Waals surface area contributed by atoms with Crippen LogP contribution >= 0.6 is 27.5 Å². The molecule has 0 aliphatic rings. The molecule has 116 valence electrons. The van der Waals surface area contributed by atoms with Gasteiger partial charge in [-0.1, -0.05) is 27.5 Å². The molecule has 2 aromatic carbocycles. The Kier molecular flexibility index (Phi) is 5.69. The van der Waals surface area contributed by atoms with E-state index in [0.717, 1.165) is 10.0 Å². The minimum Gasteiger partial charge on any atom is -0.495 e. The van der Waals surface area contributed by atoms with Crippen molar-refractivity contribution < 1.29 is 14.3 Å². The number of amides is 1. The average Bonchev–Trinajstić information content (AvgIpc) is 2.49. The van der Waals surface area contributed by atoms with Gasteiger partial charge in [-0.05, 0) is 48.9 Å². The van der Waals surface area contributed by atoms with E-state index in [1.165, 1.54) is 0 Å². The zero-order valence-corrected chi connectivity index (χ0v) is 14.5. The molecule has 0 aliphatic carbocycles. The van der Waals surface area contributed by atoms with Crippen molar-refractivity contribution >= 4 is 39.1 Å². The van der Waals surface area contributed by atoms with Crippen LogP contribution < -0.4 is 14.8 Å². The minimum atomic E-state index is -0.274. The number of halogens is 2. The van der Waals surface area contributed by atoms with E-state index < -0.39 is 0 Å². The predicted molar refractivity (Wildman–Crippen MR) is 91.0 cm³/mol. The maximum Gasteiger partial charge on any atom is 0.262 e. The monoisotopic (exact) mass is 383 g/mol. The van der Waals surface area contributed by atoms with Crippen molar-refractivity contribution in [1.29, 1.82) is 0 Å². The van der Waals surface area contributed by atoms with Gasteiger partial charge in [0, 0.05) is 9.50 Å². The third-order valence-corrected chi connectivity index (χ3v) is 3.85. The lowest BCUT2D eigenvalue weighted by Gasteiger charge is -2.11. The first-order chi connectivity index (χ1) is 10.5. The predicted octanol–water partition coefficient (Wildman–Crippen LogP) is 4.44. The summed E-state index contributed by atoms with van der Waals surface area (Å²) in [5.74, 6) is 0.904. The molecule has 0 aliphatic heterocycles. The summed E-state index contributed by atoms with van der Waals surface area (Å²) in [7, 11) is 1.55. The second kappa shape index (κ2) is 7.51.